The summed E-state index contributed by atoms with van der Waals surface area (Å²) in [6, 6.07) is 16.0. The number of rotatable bonds is 9. The van der Waals surface area contributed by atoms with Crippen LogP contribution in [0.1, 0.15) is 12.5 Å². The third kappa shape index (κ3) is 6.20. The van der Waals surface area contributed by atoms with Crippen LogP contribution < -0.4 is 14.8 Å². The monoisotopic (exact) mass is 315 g/mol. The van der Waals surface area contributed by atoms with Gasteiger partial charge in [-0.1, -0.05) is 12.1 Å². The SMILES string of the molecule is COCCOc1ccc(NCC(C)Oc2cccc(C)c2)cc1. The predicted molar refractivity (Wildman–Crippen MR) is 93.6 cm³/mol. The third-order valence-electron chi connectivity index (χ3n) is 3.33. The summed E-state index contributed by atoms with van der Waals surface area (Å²) >= 11 is 0. The number of hydrogen-bond acceptors (Lipinski definition) is 4. The van der Waals surface area contributed by atoms with Gasteiger partial charge in [-0.15, -0.1) is 0 Å². The minimum atomic E-state index is 0.0782. The lowest BCUT2D eigenvalue weighted by atomic mass is 10.2. The molecule has 1 unspecified atom stereocenters. The molecule has 0 spiro atoms. The number of benzene rings is 2. The minimum absolute atomic E-state index is 0.0782. The largest absolute Gasteiger partial charge is 0.491 e. The number of ether oxygens (including phenoxy) is 3. The Kier molecular flexibility index (Phi) is 6.76. The molecule has 0 bridgehead atoms. The van der Waals surface area contributed by atoms with Crippen LogP contribution in [-0.4, -0.2) is 33.0 Å². The summed E-state index contributed by atoms with van der Waals surface area (Å²) in [5.74, 6) is 1.75. The molecule has 1 atom stereocenters. The molecule has 0 heterocycles. The first-order chi connectivity index (χ1) is 11.2. The second-order valence-electron chi connectivity index (χ2n) is 5.49. The van der Waals surface area contributed by atoms with Crippen LogP contribution in [0.15, 0.2) is 48.5 Å². The van der Waals surface area contributed by atoms with E-state index in [0.29, 0.717) is 13.2 Å². The topological polar surface area (TPSA) is 39.7 Å². The Bertz CT molecular complexity index is 583. The van der Waals surface area contributed by atoms with Gasteiger partial charge in [-0.2, -0.15) is 0 Å². The van der Waals surface area contributed by atoms with Crippen molar-refractivity contribution in [3.8, 4) is 11.5 Å². The summed E-state index contributed by atoms with van der Waals surface area (Å²) in [5, 5.41) is 3.37. The molecule has 0 fully saturated rings. The van der Waals surface area contributed by atoms with Crippen molar-refractivity contribution in [1.29, 1.82) is 0 Å². The minimum Gasteiger partial charge on any atom is -0.491 e. The average molecular weight is 315 g/mol. The molecule has 124 valence electrons. The molecule has 4 nitrogen and oxygen atoms in total. The quantitative estimate of drug-likeness (QED) is 0.712. The second kappa shape index (κ2) is 9.06. The third-order valence-corrected chi connectivity index (χ3v) is 3.33. The van der Waals surface area contributed by atoms with Gasteiger partial charge in [0.2, 0.25) is 0 Å². The van der Waals surface area contributed by atoms with Crippen LogP contribution in [0.4, 0.5) is 5.69 Å². The van der Waals surface area contributed by atoms with Crippen molar-refractivity contribution < 1.29 is 14.2 Å². The maximum absolute atomic E-state index is 5.90. The molecule has 0 saturated heterocycles. The first-order valence-electron chi connectivity index (χ1n) is 7.86. The van der Waals surface area contributed by atoms with Crippen LogP contribution in [0.5, 0.6) is 11.5 Å². The van der Waals surface area contributed by atoms with Crippen LogP contribution in [0.3, 0.4) is 0 Å². The van der Waals surface area contributed by atoms with E-state index in [1.54, 1.807) is 7.11 Å². The smallest absolute Gasteiger partial charge is 0.120 e. The fraction of sp³-hybridized carbons (Fsp3) is 0.368. The van der Waals surface area contributed by atoms with E-state index < -0.39 is 0 Å². The normalized spacial score (nSPS) is 11.8. The summed E-state index contributed by atoms with van der Waals surface area (Å²) in [6.45, 7) is 6.00. The number of nitrogens with one attached hydrogen (secondary N) is 1. The maximum atomic E-state index is 5.90. The fourth-order valence-corrected chi connectivity index (χ4v) is 2.14. The molecule has 4 heteroatoms. The van der Waals surface area contributed by atoms with Crippen molar-refractivity contribution >= 4 is 5.69 Å². The summed E-state index contributed by atoms with van der Waals surface area (Å²) in [7, 11) is 1.66. The van der Waals surface area contributed by atoms with Gasteiger partial charge in [-0.3, -0.25) is 0 Å². The first kappa shape index (κ1) is 17.2. The maximum Gasteiger partial charge on any atom is 0.120 e. The van der Waals surface area contributed by atoms with Crippen molar-refractivity contribution in [2.75, 3.05) is 32.2 Å². The van der Waals surface area contributed by atoms with Gasteiger partial charge in [0.05, 0.1) is 13.2 Å². The highest BCUT2D eigenvalue weighted by molar-refractivity contribution is 5.46. The predicted octanol–water partition coefficient (Wildman–Crippen LogP) is 3.90. The Labute approximate surface area is 138 Å². The lowest BCUT2D eigenvalue weighted by molar-refractivity contribution is 0.146. The molecular formula is C19H25NO3. The van der Waals surface area contributed by atoms with Crippen LogP contribution in [0.25, 0.3) is 0 Å². The summed E-state index contributed by atoms with van der Waals surface area (Å²) in [4.78, 5) is 0. The molecule has 0 radical (unpaired) electrons. The van der Waals surface area contributed by atoms with Crippen molar-refractivity contribution in [2.24, 2.45) is 0 Å². The Balaban J connectivity index is 1.76. The molecule has 0 aliphatic carbocycles. The standard InChI is InChI=1S/C19H25NO3/c1-15-5-4-6-19(13-15)23-16(2)14-20-17-7-9-18(10-8-17)22-12-11-21-3/h4-10,13,16,20H,11-12,14H2,1-3H3. The molecule has 0 aliphatic heterocycles. The van der Waals surface area contributed by atoms with E-state index >= 15 is 0 Å². The molecule has 0 saturated carbocycles. The van der Waals surface area contributed by atoms with Gasteiger partial charge in [-0.25, -0.2) is 0 Å². The highest BCUT2D eigenvalue weighted by atomic mass is 16.5. The van der Waals surface area contributed by atoms with Crippen LogP contribution in [0, 0.1) is 6.92 Å². The van der Waals surface area contributed by atoms with Crippen molar-refractivity contribution in [1.82, 2.24) is 0 Å². The number of hydrogen-bond donors (Lipinski definition) is 1. The molecular weight excluding hydrogens is 290 g/mol. The van der Waals surface area contributed by atoms with Crippen LogP contribution in [0.2, 0.25) is 0 Å². The second-order valence-corrected chi connectivity index (χ2v) is 5.49. The Morgan fingerprint density at radius 2 is 1.78 bits per heavy atom. The van der Waals surface area contributed by atoms with E-state index in [1.165, 1.54) is 5.56 Å². The highest BCUT2D eigenvalue weighted by Gasteiger charge is 2.04. The van der Waals surface area contributed by atoms with Gasteiger partial charge in [-0.05, 0) is 55.8 Å². The van der Waals surface area contributed by atoms with Gasteiger partial charge >= 0.3 is 0 Å². The zero-order chi connectivity index (χ0) is 16.5. The first-order valence-corrected chi connectivity index (χ1v) is 7.86. The van der Waals surface area contributed by atoms with E-state index in [-0.39, 0.29) is 6.10 Å². The summed E-state index contributed by atoms with van der Waals surface area (Å²) in [6.07, 6.45) is 0.0782. The van der Waals surface area contributed by atoms with Crippen molar-refractivity contribution in [2.45, 2.75) is 20.0 Å². The van der Waals surface area contributed by atoms with E-state index in [0.717, 1.165) is 23.7 Å². The Morgan fingerprint density at radius 1 is 1.00 bits per heavy atom. The van der Waals surface area contributed by atoms with Crippen LogP contribution in [-0.2, 0) is 4.74 Å². The van der Waals surface area contributed by atoms with Crippen molar-refractivity contribution in [3.63, 3.8) is 0 Å². The number of methoxy groups -OCH3 is 1. The van der Waals surface area contributed by atoms with Gasteiger partial charge in [0.1, 0.15) is 24.2 Å². The molecule has 0 aromatic heterocycles. The summed E-state index contributed by atoms with van der Waals surface area (Å²) in [5.41, 5.74) is 2.25. The van der Waals surface area contributed by atoms with E-state index in [4.69, 9.17) is 14.2 Å². The molecule has 2 aromatic carbocycles. The van der Waals surface area contributed by atoms with E-state index in [9.17, 15) is 0 Å². The van der Waals surface area contributed by atoms with Crippen molar-refractivity contribution in [3.05, 3.63) is 54.1 Å². The Morgan fingerprint density at radius 3 is 2.48 bits per heavy atom. The zero-order valence-corrected chi connectivity index (χ0v) is 14.0. The number of aryl methyl sites for hydroxylation is 1. The van der Waals surface area contributed by atoms with Gasteiger partial charge in [0.15, 0.2) is 0 Å². The summed E-state index contributed by atoms with van der Waals surface area (Å²) < 4.78 is 16.4. The molecule has 2 aromatic rings. The molecule has 2 rings (SSSR count). The molecule has 23 heavy (non-hydrogen) atoms. The van der Waals surface area contributed by atoms with Gasteiger partial charge in [0.25, 0.3) is 0 Å². The molecule has 0 aliphatic rings. The molecule has 0 amide bonds. The van der Waals surface area contributed by atoms with Gasteiger partial charge < -0.3 is 19.5 Å². The zero-order valence-electron chi connectivity index (χ0n) is 14.0. The Hall–Kier alpha value is -2.20. The van der Waals surface area contributed by atoms with E-state index in [1.807, 2.05) is 42.5 Å². The number of anilines is 1. The lowest BCUT2D eigenvalue weighted by Crippen LogP contribution is -2.22. The average Bonchev–Trinajstić information content (AvgIpc) is 2.54. The molecule has 1 N–H and O–H groups in total. The van der Waals surface area contributed by atoms with Gasteiger partial charge in [0, 0.05) is 12.8 Å². The van der Waals surface area contributed by atoms with Crippen LogP contribution >= 0.6 is 0 Å². The highest BCUT2D eigenvalue weighted by Crippen LogP contribution is 2.17. The fourth-order valence-electron chi connectivity index (χ4n) is 2.14. The van der Waals surface area contributed by atoms with E-state index in [2.05, 4.69) is 25.2 Å². The lowest BCUT2D eigenvalue weighted by Gasteiger charge is -2.16.